The van der Waals surface area contributed by atoms with Gasteiger partial charge in [0.2, 0.25) is 0 Å². The average Bonchev–Trinajstić information content (AvgIpc) is 2.98. The predicted octanol–water partition coefficient (Wildman–Crippen LogP) is 5.26. The summed E-state index contributed by atoms with van der Waals surface area (Å²) in [6.07, 6.45) is 8.14. The summed E-state index contributed by atoms with van der Waals surface area (Å²) >= 11 is 0. The van der Waals surface area contributed by atoms with Crippen molar-refractivity contribution in [1.82, 2.24) is 14.7 Å². The van der Waals surface area contributed by atoms with Crippen LogP contribution in [-0.4, -0.2) is 21.3 Å². The van der Waals surface area contributed by atoms with Gasteiger partial charge in [0.15, 0.2) is 0 Å². The van der Waals surface area contributed by atoms with Gasteiger partial charge in [0, 0.05) is 25.3 Å². The van der Waals surface area contributed by atoms with Gasteiger partial charge in [-0.2, -0.15) is 5.26 Å². The summed E-state index contributed by atoms with van der Waals surface area (Å²) in [5, 5.41) is 13.0. The van der Waals surface area contributed by atoms with Crippen LogP contribution in [0.5, 0.6) is 0 Å². The highest BCUT2D eigenvalue weighted by Gasteiger charge is 2.22. The fourth-order valence-corrected chi connectivity index (χ4v) is 5.07. The lowest BCUT2D eigenvalue weighted by Crippen LogP contribution is -2.37. The molecular formula is C32H31N5O2. The van der Waals surface area contributed by atoms with Crippen LogP contribution in [-0.2, 0) is 17.9 Å². The monoisotopic (exact) mass is 517 g/mol. The Morgan fingerprint density at radius 1 is 0.949 bits per heavy atom. The van der Waals surface area contributed by atoms with Gasteiger partial charge in [0.05, 0.1) is 5.56 Å². The molecule has 5 rings (SSSR count). The van der Waals surface area contributed by atoms with Gasteiger partial charge >= 0.3 is 0 Å². The Kier molecular flexibility index (Phi) is 8.13. The van der Waals surface area contributed by atoms with Gasteiger partial charge in [0.25, 0.3) is 11.5 Å². The molecule has 39 heavy (non-hydrogen) atoms. The number of carbonyl (C=O) groups excluding carboxylic acids is 1. The molecule has 4 aromatic rings. The molecular weight excluding hydrogens is 486 g/mol. The van der Waals surface area contributed by atoms with E-state index < -0.39 is 5.91 Å². The van der Waals surface area contributed by atoms with E-state index in [1.807, 2.05) is 77.7 Å². The van der Waals surface area contributed by atoms with E-state index in [-0.39, 0.29) is 22.7 Å². The minimum atomic E-state index is -0.453. The van der Waals surface area contributed by atoms with Gasteiger partial charge in [-0.05, 0) is 42.2 Å². The predicted molar refractivity (Wildman–Crippen MR) is 153 cm³/mol. The maximum atomic E-state index is 13.8. The molecule has 0 atom stereocenters. The van der Waals surface area contributed by atoms with Crippen molar-refractivity contribution in [2.75, 3.05) is 4.90 Å². The molecule has 0 aliphatic heterocycles. The number of nitrogens with zero attached hydrogens (tertiary/aromatic N) is 4. The highest BCUT2D eigenvalue weighted by atomic mass is 16.2. The molecule has 0 spiro atoms. The van der Waals surface area contributed by atoms with Crippen LogP contribution in [0.1, 0.15) is 48.8 Å². The van der Waals surface area contributed by atoms with Crippen LogP contribution in [0, 0.1) is 11.3 Å². The first-order valence-corrected chi connectivity index (χ1v) is 13.4. The molecule has 0 radical (unpaired) electrons. The molecule has 2 aromatic carbocycles. The molecule has 7 heteroatoms. The Balaban J connectivity index is 1.62. The average molecular weight is 518 g/mol. The van der Waals surface area contributed by atoms with Crippen molar-refractivity contribution in [3.8, 4) is 6.07 Å². The number of benzene rings is 2. The summed E-state index contributed by atoms with van der Waals surface area (Å²) in [6.45, 7) is 0.977. The normalized spacial score (nSPS) is 14.1. The Labute approximate surface area is 228 Å². The highest BCUT2D eigenvalue weighted by molar-refractivity contribution is 6.02. The van der Waals surface area contributed by atoms with Crippen molar-refractivity contribution < 1.29 is 4.79 Å². The van der Waals surface area contributed by atoms with Crippen molar-refractivity contribution in [3.63, 3.8) is 0 Å². The standard InChI is InChI=1S/C32H31N5O2/c33-21-26(31(38)34-27-16-8-3-9-17-27)20-28-30(35-29-18-10-11-19-37(29)32(28)39)36(22-24-12-4-1-5-13-24)23-25-14-6-2-7-15-25/h1-2,4-7,10-15,18-20,27H,3,8-9,16-17,22-23H2,(H,34,38)/b26-20-. The molecule has 0 bridgehead atoms. The second-order valence-corrected chi connectivity index (χ2v) is 9.89. The molecule has 2 aromatic heterocycles. The van der Waals surface area contributed by atoms with Crippen LogP contribution in [0.15, 0.2) is 95.4 Å². The number of rotatable bonds is 8. The smallest absolute Gasteiger partial charge is 0.267 e. The number of nitriles is 1. The molecule has 1 N–H and O–H groups in total. The quantitative estimate of drug-likeness (QED) is 0.254. The molecule has 0 saturated heterocycles. The number of aromatic nitrogens is 2. The van der Waals surface area contributed by atoms with Crippen LogP contribution >= 0.6 is 0 Å². The van der Waals surface area contributed by atoms with E-state index in [4.69, 9.17) is 4.98 Å². The summed E-state index contributed by atoms with van der Waals surface area (Å²) in [4.78, 5) is 33.9. The van der Waals surface area contributed by atoms with Gasteiger partial charge in [-0.1, -0.05) is 86.0 Å². The van der Waals surface area contributed by atoms with E-state index in [0.29, 0.717) is 24.6 Å². The second kappa shape index (κ2) is 12.2. The zero-order valence-corrected chi connectivity index (χ0v) is 21.8. The van der Waals surface area contributed by atoms with Crippen LogP contribution in [0.2, 0.25) is 0 Å². The fourth-order valence-electron chi connectivity index (χ4n) is 5.07. The van der Waals surface area contributed by atoms with E-state index in [1.165, 1.54) is 10.5 Å². The number of fused-ring (bicyclic) bond motifs is 1. The molecule has 1 amide bonds. The third-order valence-corrected chi connectivity index (χ3v) is 7.08. The number of hydrogen-bond acceptors (Lipinski definition) is 5. The van der Waals surface area contributed by atoms with Crippen molar-refractivity contribution in [1.29, 1.82) is 5.26 Å². The molecule has 1 fully saturated rings. The van der Waals surface area contributed by atoms with Gasteiger partial charge in [-0.15, -0.1) is 0 Å². The molecule has 2 heterocycles. The van der Waals surface area contributed by atoms with E-state index >= 15 is 0 Å². The van der Waals surface area contributed by atoms with Crippen LogP contribution < -0.4 is 15.8 Å². The Bertz CT molecular complexity index is 1520. The third kappa shape index (κ3) is 6.24. The Morgan fingerprint density at radius 2 is 1.56 bits per heavy atom. The summed E-state index contributed by atoms with van der Waals surface area (Å²) < 4.78 is 1.45. The first-order valence-electron chi connectivity index (χ1n) is 13.4. The van der Waals surface area contributed by atoms with Crippen molar-refractivity contribution in [2.45, 2.75) is 51.2 Å². The van der Waals surface area contributed by atoms with Gasteiger partial charge in [0.1, 0.15) is 23.1 Å². The first kappa shape index (κ1) is 25.9. The molecule has 1 saturated carbocycles. The second-order valence-electron chi connectivity index (χ2n) is 9.89. The summed E-state index contributed by atoms with van der Waals surface area (Å²) in [5.41, 5.74) is 2.37. The number of carbonyl (C=O) groups is 1. The Morgan fingerprint density at radius 3 is 2.18 bits per heavy atom. The number of amides is 1. The van der Waals surface area contributed by atoms with Gasteiger partial charge in [-0.25, -0.2) is 4.98 Å². The number of anilines is 1. The lowest BCUT2D eigenvalue weighted by atomic mass is 9.95. The van der Waals surface area contributed by atoms with E-state index in [1.54, 1.807) is 18.3 Å². The highest BCUT2D eigenvalue weighted by Crippen LogP contribution is 2.24. The lowest BCUT2D eigenvalue weighted by Gasteiger charge is -2.26. The molecule has 196 valence electrons. The van der Waals surface area contributed by atoms with E-state index in [9.17, 15) is 14.9 Å². The lowest BCUT2D eigenvalue weighted by molar-refractivity contribution is -0.117. The largest absolute Gasteiger partial charge is 0.349 e. The minimum absolute atomic E-state index is 0.0472. The Hall–Kier alpha value is -4.70. The zero-order chi connectivity index (χ0) is 27.0. The van der Waals surface area contributed by atoms with Crippen molar-refractivity contribution in [3.05, 3.63) is 118 Å². The molecule has 7 nitrogen and oxygen atoms in total. The summed E-state index contributed by atoms with van der Waals surface area (Å²) in [5.74, 6) is -0.0253. The van der Waals surface area contributed by atoms with Crippen molar-refractivity contribution >= 4 is 23.4 Å². The number of hydrogen-bond donors (Lipinski definition) is 1. The number of nitrogens with one attached hydrogen (secondary N) is 1. The molecule has 1 aliphatic carbocycles. The topological polar surface area (TPSA) is 90.5 Å². The van der Waals surface area contributed by atoms with E-state index in [2.05, 4.69) is 5.32 Å². The number of pyridine rings is 1. The molecule has 0 unspecified atom stereocenters. The van der Waals surface area contributed by atoms with Crippen LogP contribution in [0.3, 0.4) is 0 Å². The fraction of sp³-hybridized carbons (Fsp3) is 0.250. The van der Waals surface area contributed by atoms with E-state index in [0.717, 1.165) is 43.2 Å². The maximum Gasteiger partial charge on any atom is 0.267 e. The van der Waals surface area contributed by atoms with Gasteiger partial charge < -0.3 is 10.2 Å². The third-order valence-electron chi connectivity index (χ3n) is 7.08. The first-order chi connectivity index (χ1) is 19.1. The maximum absolute atomic E-state index is 13.8. The van der Waals surface area contributed by atoms with Gasteiger partial charge in [-0.3, -0.25) is 14.0 Å². The minimum Gasteiger partial charge on any atom is -0.349 e. The summed E-state index contributed by atoms with van der Waals surface area (Å²) in [7, 11) is 0. The zero-order valence-electron chi connectivity index (χ0n) is 21.8. The SMILES string of the molecule is N#C/C(=C/c1c(N(Cc2ccccc2)Cc2ccccc2)nc2ccccn2c1=O)C(=O)NC1CCCCC1. The van der Waals surface area contributed by atoms with Crippen molar-refractivity contribution in [2.24, 2.45) is 0 Å². The molecule has 1 aliphatic rings. The van der Waals surface area contributed by atoms with Crippen LogP contribution in [0.25, 0.3) is 11.7 Å². The van der Waals surface area contributed by atoms with Crippen LogP contribution in [0.4, 0.5) is 5.82 Å². The summed E-state index contributed by atoms with van der Waals surface area (Å²) in [6, 6.07) is 27.4.